The second kappa shape index (κ2) is 3.73. The lowest BCUT2D eigenvalue weighted by Crippen LogP contribution is -2.40. The Morgan fingerprint density at radius 2 is 1.85 bits per heavy atom. The molecule has 0 aromatic carbocycles. The molecule has 2 atom stereocenters. The molecule has 2 rings (SSSR count). The van der Waals surface area contributed by atoms with Crippen molar-refractivity contribution < 1.29 is 13.5 Å². The van der Waals surface area contributed by atoms with Crippen LogP contribution in [-0.4, -0.2) is 43.2 Å². The van der Waals surface area contributed by atoms with Crippen molar-refractivity contribution in [1.29, 1.82) is 0 Å². The first-order valence-electron chi connectivity index (χ1n) is 4.21. The molecule has 2 N–H and O–H groups in total. The normalized spacial score (nSPS) is 37.0. The van der Waals surface area contributed by atoms with E-state index in [1.54, 1.807) is 0 Å². The molecule has 1 aliphatic carbocycles. The third-order valence-electron chi connectivity index (χ3n) is 2.35. The maximum atomic E-state index is 11.1. The number of rotatable bonds is 2. The van der Waals surface area contributed by atoms with Crippen molar-refractivity contribution in [3.8, 4) is 0 Å². The first kappa shape index (κ1) is 11.2. The molecule has 0 aromatic rings. The fourth-order valence-corrected chi connectivity index (χ4v) is 3.30. The van der Waals surface area contributed by atoms with Gasteiger partial charge >= 0.3 is 0 Å². The predicted molar refractivity (Wildman–Crippen MR) is 51.9 cm³/mol. The molecule has 0 unspecified atom stereocenters. The van der Waals surface area contributed by atoms with Gasteiger partial charge in [-0.15, -0.1) is 12.4 Å². The molecule has 78 valence electrons. The summed E-state index contributed by atoms with van der Waals surface area (Å²) in [5, 5.41) is 12.5. The largest absolute Gasteiger partial charge is 0.390 e. The Bertz CT molecular complexity index is 275. The zero-order valence-corrected chi connectivity index (χ0v) is 8.77. The molecule has 6 heteroatoms. The van der Waals surface area contributed by atoms with E-state index in [2.05, 4.69) is 5.32 Å². The smallest absolute Gasteiger partial charge is 0.154 e. The molecule has 0 aromatic heterocycles. The van der Waals surface area contributed by atoms with Crippen LogP contribution in [0, 0.1) is 0 Å². The highest BCUT2D eigenvalue weighted by atomic mass is 35.5. The van der Waals surface area contributed by atoms with Crippen LogP contribution in [0.3, 0.4) is 0 Å². The van der Waals surface area contributed by atoms with Crippen LogP contribution in [0.5, 0.6) is 0 Å². The molecule has 4 nitrogen and oxygen atoms in total. The zero-order valence-electron chi connectivity index (χ0n) is 7.14. The Morgan fingerprint density at radius 1 is 1.23 bits per heavy atom. The van der Waals surface area contributed by atoms with Crippen LogP contribution in [-0.2, 0) is 9.84 Å². The molecule has 1 aliphatic heterocycles. The SMILES string of the molecule is Cl.O=S1(=O)C[C@H](NC2CC2)[C@@H](O)C1. The molecule has 1 saturated carbocycles. The van der Waals surface area contributed by atoms with Crippen LogP contribution in [0.2, 0.25) is 0 Å². The highest BCUT2D eigenvalue weighted by Gasteiger charge is 2.38. The van der Waals surface area contributed by atoms with Gasteiger partial charge in [-0.05, 0) is 12.8 Å². The van der Waals surface area contributed by atoms with Crippen molar-refractivity contribution in [2.45, 2.75) is 31.0 Å². The summed E-state index contributed by atoms with van der Waals surface area (Å²) in [5.74, 6) is 0.0298. The van der Waals surface area contributed by atoms with Gasteiger partial charge in [0.1, 0.15) is 0 Å². The third-order valence-corrected chi connectivity index (χ3v) is 4.07. The summed E-state index contributed by atoms with van der Waals surface area (Å²) in [6, 6.07) is 0.237. The van der Waals surface area contributed by atoms with E-state index in [-0.39, 0.29) is 30.0 Å². The van der Waals surface area contributed by atoms with Crippen molar-refractivity contribution in [3.63, 3.8) is 0 Å². The fourth-order valence-electron chi connectivity index (χ4n) is 1.54. The van der Waals surface area contributed by atoms with E-state index in [0.717, 1.165) is 12.8 Å². The first-order valence-corrected chi connectivity index (χ1v) is 6.03. The molecule has 1 heterocycles. The van der Waals surface area contributed by atoms with Gasteiger partial charge in [0.15, 0.2) is 9.84 Å². The minimum absolute atomic E-state index is 0. The summed E-state index contributed by atoms with van der Waals surface area (Å²) >= 11 is 0. The van der Waals surface area contributed by atoms with E-state index >= 15 is 0 Å². The first-order chi connectivity index (χ1) is 5.57. The van der Waals surface area contributed by atoms with Crippen molar-refractivity contribution in [3.05, 3.63) is 0 Å². The summed E-state index contributed by atoms with van der Waals surface area (Å²) < 4.78 is 22.1. The minimum atomic E-state index is -2.98. The van der Waals surface area contributed by atoms with Crippen LogP contribution in [0.4, 0.5) is 0 Å². The molecule has 0 spiro atoms. The van der Waals surface area contributed by atoms with Gasteiger partial charge in [0, 0.05) is 12.1 Å². The van der Waals surface area contributed by atoms with Gasteiger partial charge in [0.05, 0.1) is 17.6 Å². The molecule has 0 radical (unpaired) electrons. The summed E-state index contributed by atoms with van der Waals surface area (Å²) in [5.41, 5.74) is 0. The Kier molecular flexibility index (Phi) is 3.22. The van der Waals surface area contributed by atoms with Crippen LogP contribution in [0.15, 0.2) is 0 Å². The average molecular weight is 228 g/mol. The van der Waals surface area contributed by atoms with Crippen molar-refractivity contribution in [1.82, 2.24) is 5.32 Å². The highest BCUT2D eigenvalue weighted by Crippen LogP contribution is 2.22. The molecular weight excluding hydrogens is 214 g/mol. The third kappa shape index (κ3) is 2.80. The summed E-state index contributed by atoms with van der Waals surface area (Å²) in [7, 11) is -2.98. The van der Waals surface area contributed by atoms with Gasteiger partial charge in [-0.2, -0.15) is 0 Å². The lowest BCUT2D eigenvalue weighted by molar-refractivity contribution is 0.165. The Labute approximate surface area is 84.0 Å². The van der Waals surface area contributed by atoms with Crippen molar-refractivity contribution >= 4 is 22.2 Å². The van der Waals surface area contributed by atoms with Crippen molar-refractivity contribution in [2.24, 2.45) is 0 Å². The predicted octanol–water partition coefficient (Wildman–Crippen LogP) is -0.682. The monoisotopic (exact) mass is 227 g/mol. The highest BCUT2D eigenvalue weighted by molar-refractivity contribution is 7.91. The van der Waals surface area contributed by atoms with E-state index in [0.29, 0.717) is 6.04 Å². The molecule has 0 bridgehead atoms. The number of sulfone groups is 1. The second-order valence-electron chi connectivity index (χ2n) is 3.69. The number of aliphatic hydroxyl groups excluding tert-OH is 1. The van der Waals surface area contributed by atoms with Crippen LogP contribution >= 0.6 is 12.4 Å². The van der Waals surface area contributed by atoms with E-state index < -0.39 is 15.9 Å². The molecule has 1 saturated heterocycles. The number of hydrogen-bond donors (Lipinski definition) is 2. The van der Waals surface area contributed by atoms with Gasteiger partial charge < -0.3 is 10.4 Å². The topological polar surface area (TPSA) is 66.4 Å². The lowest BCUT2D eigenvalue weighted by Gasteiger charge is -2.13. The van der Waals surface area contributed by atoms with Gasteiger partial charge in [0.25, 0.3) is 0 Å². The number of halogens is 1. The minimum Gasteiger partial charge on any atom is -0.390 e. The number of aliphatic hydroxyl groups is 1. The summed E-state index contributed by atoms with van der Waals surface area (Å²) in [6.45, 7) is 0. The fraction of sp³-hybridized carbons (Fsp3) is 1.00. The summed E-state index contributed by atoms with van der Waals surface area (Å²) in [6.07, 6.45) is 1.53. The summed E-state index contributed by atoms with van der Waals surface area (Å²) in [4.78, 5) is 0. The Balaban J connectivity index is 0.000000845. The second-order valence-corrected chi connectivity index (χ2v) is 5.85. The van der Waals surface area contributed by atoms with E-state index in [9.17, 15) is 13.5 Å². The zero-order chi connectivity index (χ0) is 8.77. The number of hydrogen-bond acceptors (Lipinski definition) is 4. The Morgan fingerprint density at radius 3 is 2.23 bits per heavy atom. The van der Waals surface area contributed by atoms with Gasteiger partial charge in [-0.1, -0.05) is 0 Å². The molecule has 0 amide bonds. The molecular formula is C7H14ClNO3S. The van der Waals surface area contributed by atoms with Crippen LogP contribution in [0.1, 0.15) is 12.8 Å². The van der Waals surface area contributed by atoms with Gasteiger partial charge in [0.2, 0.25) is 0 Å². The molecule has 2 fully saturated rings. The van der Waals surface area contributed by atoms with Crippen LogP contribution in [0.25, 0.3) is 0 Å². The van der Waals surface area contributed by atoms with Crippen LogP contribution < -0.4 is 5.32 Å². The van der Waals surface area contributed by atoms with Gasteiger partial charge in [-0.25, -0.2) is 8.42 Å². The molecule has 2 aliphatic rings. The Hall–Kier alpha value is 0.160. The van der Waals surface area contributed by atoms with E-state index in [4.69, 9.17) is 0 Å². The van der Waals surface area contributed by atoms with E-state index in [1.165, 1.54) is 0 Å². The lowest BCUT2D eigenvalue weighted by atomic mass is 10.2. The van der Waals surface area contributed by atoms with Crippen molar-refractivity contribution in [2.75, 3.05) is 11.5 Å². The van der Waals surface area contributed by atoms with Gasteiger partial charge in [-0.3, -0.25) is 0 Å². The average Bonchev–Trinajstić information content (AvgIpc) is 2.63. The quantitative estimate of drug-likeness (QED) is 0.656. The maximum absolute atomic E-state index is 11.1. The molecule has 13 heavy (non-hydrogen) atoms. The number of nitrogens with one attached hydrogen (secondary N) is 1. The maximum Gasteiger partial charge on any atom is 0.154 e. The van der Waals surface area contributed by atoms with E-state index in [1.807, 2.05) is 0 Å². The standard InChI is InChI=1S/C7H13NO3S.ClH/c9-7-4-12(10,11)3-6(7)8-5-1-2-5;/h5-9H,1-4H2;1H/t6-,7-;/m0./s1.